The first kappa shape index (κ1) is 14.5. The maximum atomic E-state index is 12.5. The summed E-state index contributed by atoms with van der Waals surface area (Å²) in [6, 6.07) is 3.04. The fourth-order valence-corrected chi connectivity index (χ4v) is 2.31. The first-order chi connectivity index (χ1) is 9.34. The predicted octanol–water partition coefficient (Wildman–Crippen LogP) is 1.10. The first-order valence-corrected chi connectivity index (χ1v) is 6.37. The van der Waals surface area contributed by atoms with Gasteiger partial charge in [0, 0.05) is 19.3 Å². The highest BCUT2D eigenvalue weighted by molar-refractivity contribution is 5.98. The zero-order valence-corrected chi connectivity index (χ0v) is 11.4. The van der Waals surface area contributed by atoms with Crippen LogP contribution in [0.15, 0.2) is 18.3 Å². The van der Waals surface area contributed by atoms with Gasteiger partial charge in [-0.3, -0.25) is 9.59 Å². The zero-order valence-electron chi connectivity index (χ0n) is 11.4. The van der Waals surface area contributed by atoms with E-state index in [0.29, 0.717) is 13.1 Å². The molecule has 110 valence electrons. The standard InChI is InChI=1S/C13H17F2N3O2/c1-13(2)12(20)16-5-7-18(13)11(19)9-4-3-6-17(9)8-10(14)15/h3-4,6,10H,5,7-8H2,1-2H3,(H,16,20). The molecule has 0 unspecified atom stereocenters. The summed E-state index contributed by atoms with van der Waals surface area (Å²) in [5, 5.41) is 2.69. The molecule has 1 aliphatic rings. The van der Waals surface area contributed by atoms with E-state index >= 15 is 0 Å². The van der Waals surface area contributed by atoms with Gasteiger partial charge in [-0.2, -0.15) is 0 Å². The summed E-state index contributed by atoms with van der Waals surface area (Å²) < 4.78 is 26.2. The number of halogens is 2. The number of carbonyl (C=O) groups excluding carboxylic acids is 2. The van der Waals surface area contributed by atoms with Gasteiger partial charge in [0.1, 0.15) is 11.2 Å². The Morgan fingerprint density at radius 3 is 2.85 bits per heavy atom. The van der Waals surface area contributed by atoms with Crippen LogP contribution in [0.5, 0.6) is 0 Å². The molecule has 1 aromatic heterocycles. The summed E-state index contributed by atoms with van der Waals surface area (Å²) in [6.45, 7) is 3.47. The van der Waals surface area contributed by atoms with Gasteiger partial charge in [-0.25, -0.2) is 8.78 Å². The van der Waals surface area contributed by atoms with Crippen LogP contribution in [0.3, 0.4) is 0 Å². The molecule has 5 nitrogen and oxygen atoms in total. The van der Waals surface area contributed by atoms with Gasteiger partial charge in [0.15, 0.2) is 0 Å². The van der Waals surface area contributed by atoms with Gasteiger partial charge in [-0.1, -0.05) is 0 Å². The van der Waals surface area contributed by atoms with Crippen LogP contribution in [0.4, 0.5) is 8.78 Å². The largest absolute Gasteiger partial charge is 0.352 e. The molecule has 7 heteroatoms. The summed E-state index contributed by atoms with van der Waals surface area (Å²) in [5.74, 6) is -0.653. The van der Waals surface area contributed by atoms with Crippen LogP contribution in [0.25, 0.3) is 0 Å². The molecular formula is C13H17F2N3O2. The molecule has 0 aromatic carbocycles. The summed E-state index contributed by atoms with van der Waals surface area (Å²) in [7, 11) is 0. The molecule has 0 atom stereocenters. The average Bonchev–Trinajstić information content (AvgIpc) is 2.79. The molecule has 0 bridgehead atoms. The number of nitrogens with one attached hydrogen (secondary N) is 1. The van der Waals surface area contributed by atoms with Crippen LogP contribution in [-0.4, -0.2) is 46.3 Å². The molecule has 1 aliphatic heterocycles. The molecule has 0 aliphatic carbocycles. The molecule has 0 spiro atoms. The number of piperazine rings is 1. The number of hydrogen-bond donors (Lipinski definition) is 1. The Morgan fingerprint density at radius 2 is 2.20 bits per heavy atom. The van der Waals surface area contributed by atoms with Crippen molar-refractivity contribution in [3.8, 4) is 0 Å². The van der Waals surface area contributed by atoms with Crippen molar-refractivity contribution in [1.29, 1.82) is 0 Å². The van der Waals surface area contributed by atoms with E-state index in [1.54, 1.807) is 19.9 Å². The summed E-state index contributed by atoms with van der Waals surface area (Å²) >= 11 is 0. The minimum absolute atomic E-state index is 0.174. The lowest BCUT2D eigenvalue weighted by Gasteiger charge is -2.41. The van der Waals surface area contributed by atoms with E-state index in [2.05, 4.69) is 5.32 Å². The highest BCUT2D eigenvalue weighted by atomic mass is 19.3. The molecule has 1 saturated heterocycles. The van der Waals surface area contributed by atoms with Crippen LogP contribution in [-0.2, 0) is 11.3 Å². The number of nitrogens with zero attached hydrogens (tertiary/aromatic N) is 2. The SMILES string of the molecule is CC1(C)C(=O)NCCN1C(=O)c1cccn1CC(F)F. The molecule has 1 fully saturated rings. The van der Waals surface area contributed by atoms with E-state index in [0.717, 1.165) is 0 Å². The third kappa shape index (κ3) is 2.52. The molecule has 2 amide bonds. The van der Waals surface area contributed by atoms with E-state index in [9.17, 15) is 18.4 Å². The number of carbonyl (C=O) groups is 2. The first-order valence-electron chi connectivity index (χ1n) is 6.37. The molecule has 0 saturated carbocycles. The Kier molecular flexibility index (Phi) is 3.78. The van der Waals surface area contributed by atoms with E-state index in [4.69, 9.17) is 0 Å². The van der Waals surface area contributed by atoms with E-state index < -0.39 is 24.4 Å². The molecule has 1 aromatic rings. The lowest BCUT2D eigenvalue weighted by Crippen LogP contribution is -2.63. The number of amides is 2. The maximum absolute atomic E-state index is 12.5. The van der Waals surface area contributed by atoms with Gasteiger partial charge in [-0.15, -0.1) is 0 Å². The van der Waals surface area contributed by atoms with Crippen molar-refractivity contribution in [2.75, 3.05) is 13.1 Å². The summed E-state index contributed by atoms with van der Waals surface area (Å²) in [4.78, 5) is 25.8. The number of hydrogen-bond acceptors (Lipinski definition) is 2. The van der Waals surface area contributed by atoms with Crippen LogP contribution in [0.1, 0.15) is 24.3 Å². The van der Waals surface area contributed by atoms with Gasteiger partial charge < -0.3 is 14.8 Å². The lowest BCUT2D eigenvalue weighted by atomic mass is 9.98. The van der Waals surface area contributed by atoms with E-state index in [1.807, 2.05) is 0 Å². The molecule has 2 heterocycles. The van der Waals surface area contributed by atoms with Crippen LogP contribution < -0.4 is 5.32 Å². The fraction of sp³-hybridized carbons (Fsp3) is 0.538. The maximum Gasteiger partial charge on any atom is 0.271 e. The molecule has 20 heavy (non-hydrogen) atoms. The van der Waals surface area contributed by atoms with Crippen LogP contribution in [0, 0.1) is 0 Å². The smallest absolute Gasteiger partial charge is 0.271 e. The molecular weight excluding hydrogens is 268 g/mol. The number of rotatable bonds is 3. The van der Waals surface area contributed by atoms with E-state index in [1.165, 1.54) is 21.7 Å². The average molecular weight is 285 g/mol. The normalized spacial score (nSPS) is 18.2. The minimum atomic E-state index is -2.54. The monoisotopic (exact) mass is 285 g/mol. The second-order valence-corrected chi connectivity index (χ2v) is 5.21. The number of aromatic nitrogens is 1. The van der Waals surface area contributed by atoms with Gasteiger partial charge >= 0.3 is 0 Å². The fourth-order valence-electron chi connectivity index (χ4n) is 2.31. The second-order valence-electron chi connectivity index (χ2n) is 5.21. The minimum Gasteiger partial charge on any atom is -0.352 e. The molecule has 0 radical (unpaired) electrons. The van der Waals surface area contributed by atoms with Crippen LogP contribution in [0.2, 0.25) is 0 Å². The van der Waals surface area contributed by atoms with E-state index in [-0.39, 0.29) is 11.6 Å². The topological polar surface area (TPSA) is 54.3 Å². The summed E-state index contributed by atoms with van der Waals surface area (Å²) in [5.41, 5.74) is -0.817. The highest BCUT2D eigenvalue weighted by Gasteiger charge is 2.41. The van der Waals surface area contributed by atoms with Gasteiger partial charge in [0.25, 0.3) is 12.3 Å². The molecule has 1 N–H and O–H groups in total. The Hall–Kier alpha value is -1.92. The quantitative estimate of drug-likeness (QED) is 0.904. The Balaban J connectivity index is 2.27. The van der Waals surface area contributed by atoms with Crippen molar-refractivity contribution in [2.45, 2.75) is 32.4 Å². The third-order valence-corrected chi connectivity index (χ3v) is 3.48. The summed E-state index contributed by atoms with van der Waals surface area (Å²) in [6.07, 6.45) is -1.09. The zero-order chi connectivity index (χ0) is 14.9. The van der Waals surface area contributed by atoms with Crippen molar-refractivity contribution < 1.29 is 18.4 Å². The second kappa shape index (κ2) is 5.22. The van der Waals surface area contributed by atoms with Crippen molar-refractivity contribution in [3.05, 3.63) is 24.0 Å². The van der Waals surface area contributed by atoms with Gasteiger partial charge in [0.2, 0.25) is 5.91 Å². The Morgan fingerprint density at radius 1 is 1.50 bits per heavy atom. The third-order valence-electron chi connectivity index (χ3n) is 3.48. The van der Waals surface area contributed by atoms with Crippen molar-refractivity contribution in [2.24, 2.45) is 0 Å². The lowest BCUT2D eigenvalue weighted by molar-refractivity contribution is -0.133. The van der Waals surface area contributed by atoms with Gasteiger partial charge in [-0.05, 0) is 26.0 Å². The van der Waals surface area contributed by atoms with Crippen molar-refractivity contribution in [1.82, 2.24) is 14.8 Å². The molecule has 2 rings (SSSR count). The van der Waals surface area contributed by atoms with Crippen LogP contribution >= 0.6 is 0 Å². The Bertz CT molecular complexity index is 525. The Labute approximate surface area is 115 Å². The van der Waals surface area contributed by atoms with Crippen molar-refractivity contribution >= 4 is 11.8 Å². The predicted molar refractivity (Wildman–Crippen MR) is 68.6 cm³/mol. The highest BCUT2D eigenvalue weighted by Crippen LogP contribution is 2.21. The van der Waals surface area contributed by atoms with Gasteiger partial charge in [0.05, 0.1) is 6.54 Å². The number of alkyl halides is 2. The van der Waals surface area contributed by atoms with Crippen molar-refractivity contribution in [3.63, 3.8) is 0 Å².